The smallest absolute Gasteiger partial charge is 0.293 e. The van der Waals surface area contributed by atoms with Gasteiger partial charge in [0.15, 0.2) is 0 Å². The van der Waals surface area contributed by atoms with E-state index in [0.29, 0.717) is 13.1 Å². The Bertz CT molecular complexity index is 191. The second kappa shape index (κ2) is 8.67. The van der Waals surface area contributed by atoms with Crippen LogP contribution in [-0.2, 0) is 14.9 Å². The fourth-order valence-corrected chi connectivity index (χ4v) is 1.36. The Morgan fingerprint density at radius 2 is 2.58 bits per heavy atom. The molecule has 0 spiro atoms. The maximum absolute atomic E-state index is 9.18. The van der Waals surface area contributed by atoms with Crippen molar-refractivity contribution in [1.82, 2.24) is 4.98 Å². The number of aromatic nitrogens is 1. The summed E-state index contributed by atoms with van der Waals surface area (Å²) in [5, 5.41) is 0.928. The molecule has 1 aromatic rings. The van der Waals surface area contributed by atoms with Gasteiger partial charge in [0.05, 0.1) is 12.1 Å². The Morgan fingerprint density at radius 1 is 1.83 bits per heavy atom. The van der Waals surface area contributed by atoms with Crippen LogP contribution in [0.5, 0.6) is 0 Å². The van der Waals surface area contributed by atoms with Crippen LogP contribution in [0.4, 0.5) is 0 Å². The lowest BCUT2D eigenvalue weighted by atomic mass is 10.7. The molecule has 0 aromatic carbocycles. The fraction of sp³-hybridized carbons (Fsp3) is 0.429. The van der Waals surface area contributed by atoms with E-state index in [4.69, 9.17) is 0 Å². The molecule has 0 aliphatic heterocycles. The molecule has 0 fully saturated rings. The SMILES string of the molecule is BrCc1cncs1.CCOC=O. The molecule has 0 N–H and O–H groups in total. The van der Waals surface area contributed by atoms with Crippen LogP contribution in [0.15, 0.2) is 11.7 Å². The van der Waals surface area contributed by atoms with Crippen LogP contribution >= 0.6 is 27.3 Å². The number of carbonyl (C=O) groups excluding carboxylic acids is 1. The van der Waals surface area contributed by atoms with E-state index >= 15 is 0 Å². The molecule has 0 amide bonds. The van der Waals surface area contributed by atoms with Gasteiger partial charge in [-0.05, 0) is 6.92 Å². The van der Waals surface area contributed by atoms with Crippen LogP contribution in [-0.4, -0.2) is 18.1 Å². The summed E-state index contributed by atoms with van der Waals surface area (Å²) in [6.45, 7) is 2.66. The summed E-state index contributed by atoms with van der Waals surface area (Å²) in [6.07, 6.45) is 1.86. The molecule has 0 aliphatic carbocycles. The minimum atomic E-state index is 0.431. The van der Waals surface area contributed by atoms with Crippen molar-refractivity contribution in [2.75, 3.05) is 6.61 Å². The summed E-state index contributed by atoms with van der Waals surface area (Å²) in [5.74, 6) is 0. The Labute approximate surface area is 83.9 Å². The summed E-state index contributed by atoms with van der Waals surface area (Å²) in [7, 11) is 0. The standard InChI is InChI=1S/C4H4BrNS.C3H6O2/c5-1-4-2-6-3-7-4;1-2-5-3-4/h2-3H,1H2;3H,2H2,1H3. The zero-order valence-corrected chi connectivity index (χ0v) is 9.10. The molecule has 5 heteroatoms. The Balaban J connectivity index is 0.000000217. The largest absolute Gasteiger partial charge is 0.468 e. The normalized spacial score (nSPS) is 8.17. The van der Waals surface area contributed by atoms with Crippen molar-refractivity contribution in [3.8, 4) is 0 Å². The lowest BCUT2D eigenvalue weighted by Crippen LogP contribution is -1.80. The minimum absolute atomic E-state index is 0.431. The molecule has 3 nitrogen and oxygen atoms in total. The second-order valence-electron chi connectivity index (χ2n) is 1.65. The number of rotatable bonds is 3. The van der Waals surface area contributed by atoms with Gasteiger partial charge in [-0.15, -0.1) is 11.3 Å². The molecular formula is C7H10BrNO2S. The Morgan fingerprint density at radius 3 is 2.75 bits per heavy atom. The van der Waals surface area contributed by atoms with E-state index in [1.54, 1.807) is 18.3 Å². The lowest BCUT2D eigenvalue weighted by Gasteiger charge is -1.79. The highest BCUT2D eigenvalue weighted by Crippen LogP contribution is 2.08. The molecular weight excluding hydrogens is 242 g/mol. The first-order valence-corrected chi connectivity index (χ1v) is 5.33. The molecule has 0 aliphatic rings. The average molecular weight is 252 g/mol. The molecule has 1 rings (SSSR count). The van der Waals surface area contributed by atoms with Crippen LogP contribution in [0, 0.1) is 0 Å². The van der Waals surface area contributed by atoms with Crippen molar-refractivity contribution in [1.29, 1.82) is 0 Å². The second-order valence-corrected chi connectivity index (χ2v) is 3.18. The maximum atomic E-state index is 9.18. The first-order chi connectivity index (χ1) is 5.85. The van der Waals surface area contributed by atoms with Gasteiger partial charge in [0.25, 0.3) is 6.47 Å². The quantitative estimate of drug-likeness (QED) is 0.611. The molecule has 0 radical (unpaired) electrons. The monoisotopic (exact) mass is 251 g/mol. The van der Waals surface area contributed by atoms with Crippen molar-refractivity contribution in [3.05, 3.63) is 16.6 Å². The van der Waals surface area contributed by atoms with Crippen molar-refractivity contribution in [2.45, 2.75) is 12.3 Å². The van der Waals surface area contributed by atoms with Gasteiger partial charge in [0, 0.05) is 16.4 Å². The summed E-state index contributed by atoms with van der Waals surface area (Å²) < 4.78 is 4.15. The maximum Gasteiger partial charge on any atom is 0.293 e. The zero-order valence-electron chi connectivity index (χ0n) is 6.70. The van der Waals surface area contributed by atoms with E-state index in [1.165, 1.54) is 4.88 Å². The summed E-state index contributed by atoms with van der Waals surface area (Å²) in [5.41, 5.74) is 1.83. The third-order valence-electron chi connectivity index (χ3n) is 0.850. The van der Waals surface area contributed by atoms with Crippen molar-refractivity contribution in [2.24, 2.45) is 0 Å². The van der Waals surface area contributed by atoms with Gasteiger partial charge < -0.3 is 4.74 Å². The number of alkyl halides is 1. The van der Waals surface area contributed by atoms with E-state index in [9.17, 15) is 4.79 Å². The number of nitrogens with zero attached hydrogens (tertiary/aromatic N) is 1. The van der Waals surface area contributed by atoms with E-state index in [1.807, 2.05) is 11.7 Å². The van der Waals surface area contributed by atoms with Gasteiger partial charge in [0.1, 0.15) is 0 Å². The van der Waals surface area contributed by atoms with Crippen LogP contribution in [0.2, 0.25) is 0 Å². The topological polar surface area (TPSA) is 39.2 Å². The van der Waals surface area contributed by atoms with Gasteiger partial charge in [-0.25, -0.2) is 0 Å². The number of carbonyl (C=O) groups is 1. The zero-order chi connectivity index (χ0) is 9.23. The van der Waals surface area contributed by atoms with E-state index < -0.39 is 0 Å². The van der Waals surface area contributed by atoms with Gasteiger partial charge in [0.2, 0.25) is 0 Å². The summed E-state index contributed by atoms with van der Waals surface area (Å²) in [6, 6.07) is 0. The number of hydrogen-bond donors (Lipinski definition) is 0. The Hall–Kier alpha value is -0.420. The van der Waals surface area contributed by atoms with Crippen molar-refractivity contribution < 1.29 is 9.53 Å². The summed E-state index contributed by atoms with van der Waals surface area (Å²) >= 11 is 4.97. The third kappa shape index (κ3) is 6.30. The van der Waals surface area contributed by atoms with Gasteiger partial charge >= 0.3 is 0 Å². The van der Waals surface area contributed by atoms with Crippen molar-refractivity contribution >= 4 is 33.7 Å². The first-order valence-electron chi connectivity index (χ1n) is 3.33. The third-order valence-corrected chi connectivity index (χ3v) is 2.60. The first kappa shape index (κ1) is 11.6. The minimum Gasteiger partial charge on any atom is -0.468 e. The van der Waals surface area contributed by atoms with Gasteiger partial charge in [-0.2, -0.15) is 0 Å². The fourth-order valence-electron chi connectivity index (χ4n) is 0.376. The predicted molar refractivity (Wildman–Crippen MR) is 52.4 cm³/mol. The van der Waals surface area contributed by atoms with E-state index in [2.05, 4.69) is 25.7 Å². The molecule has 1 aromatic heterocycles. The molecule has 0 atom stereocenters. The Kier molecular flexibility index (Phi) is 8.37. The number of halogens is 1. The molecule has 1 heterocycles. The molecule has 68 valence electrons. The summed E-state index contributed by atoms with van der Waals surface area (Å²) in [4.78, 5) is 14.3. The lowest BCUT2D eigenvalue weighted by molar-refractivity contribution is -0.128. The molecule has 0 unspecified atom stereocenters. The van der Waals surface area contributed by atoms with Gasteiger partial charge in [-0.3, -0.25) is 9.78 Å². The van der Waals surface area contributed by atoms with Crippen LogP contribution in [0.3, 0.4) is 0 Å². The van der Waals surface area contributed by atoms with E-state index in [0.717, 1.165) is 5.33 Å². The van der Waals surface area contributed by atoms with Crippen LogP contribution in [0.1, 0.15) is 11.8 Å². The van der Waals surface area contributed by atoms with Crippen LogP contribution in [0.25, 0.3) is 0 Å². The van der Waals surface area contributed by atoms with Crippen molar-refractivity contribution in [3.63, 3.8) is 0 Å². The molecule has 0 saturated heterocycles. The highest BCUT2D eigenvalue weighted by molar-refractivity contribution is 9.08. The highest BCUT2D eigenvalue weighted by Gasteiger charge is 1.85. The predicted octanol–water partition coefficient (Wildman–Crippen LogP) is 2.22. The highest BCUT2D eigenvalue weighted by atomic mass is 79.9. The molecule has 0 bridgehead atoms. The molecule has 0 saturated carbocycles. The van der Waals surface area contributed by atoms with Crippen LogP contribution < -0.4 is 0 Å². The number of thiazole rings is 1. The van der Waals surface area contributed by atoms with Gasteiger partial charge in [-0.1, -0.05) is 15.9 Å². The number of ether oxygens (including phenoxy) is 1. The number of hydrogen-bond acceptors (Lipinski definition) is 4. The average Bonchev–Trinajstić information content (AvgIpc) is 2.58. The van der Waals surface area contributed by atoms with E-state index in [-0.39, 0.29) is 0 Å². The molecule has 12 heavy (non-hydrogen) atoms.